The van der Waals surface area contributed by atoms with Gasteiger partial charge in [0, 0.05) is 27.3 Å². The minimum atomic E-state index is -1.27. The summed E-state index contributed by atoms with van der Waals surface area (Å²) in [5, 5.41) is 3.45. The summed E-state index contributed by atoms with van der Waals surface area (Å²) in [4.78, 5) is 12.1. The number of carbonyl (C=O) groups is 1. The van der Waals surface area contributed by atoms with Gasteiger partial charge in [-0.25, -0.2) is 0 Å². The highest BCUT2D eigenvalue weighted by Crippen LogP contribution is 2.19. The molecule has 1 atom stereocenters. The van der Waals surface area contributed by atoms with Crippen molar-refractivity contribution in [1.82, 2.24) is 0 Å². The van der Waals surface area contributed by atoms with Crippen molar-refractivity contribution in [1.29, 1.82) is 0 Å². The van der Waals surface area contributed by atoms with Crippen LogP contribution in [-0.2, 0) is 21.3 Å². The average molecular weight is 336 g/mol. The second kappa shape index (κ2) is 7.56. The van der Waals surface area contributed by atoms with E-state index in [2.05, 4.69) is 5.32 Å². The number of para-hydroxylation sites is 1. The lowest BCUT2D eigenvalue weighted by Gasteiger charge is -2.11. The van der Waals surface area contributed by atoms with Gasteiger partial charge in [0.05, 0.1) is 0 Å². The summed E-state index contributed by atoms with van der Waals surface area (Å²) in [7, 11) is -1.27. The zero-order chi connectivity index (χ0) is 16.1. The predicted molar refractivity (Wildman–Crippen MR) is 92.7 cm³/mol. The number of nitrogens with one attached hydrogen (secondary N) is 1. The Morgan fingerprint density at radius 3 is 2.41 bits per heavy atom. The van der Waals surface area contributed by atoms with Crippen molar-refractivity contribution in [3.8, 4) is 0 Å². The number of anilines is 1. The van der Waals surface area contributed by atoms with E-state index >= 15 is 0 Å². The van der Waals surface area contributed by atoms with E-state index in [0.717, 1.165) is 22.4 Å². The van der Waals surface area contributed by atoms with Crippen molar-refractivity contribution < 1.29 is 9.00 Å². The van der Waals surface area contributed by atoms with E-state index in [-0.39, 0.29) is 11.7 Å². The van der Waals surface area contributed by atoms with Crippen molar-refractivity contribution in [2.24, 2.45) is 0 Å². The maximum absolute atomic E-state index is 12.1. The molecule has 5 heteroatoms. The van der Waals surface area contributed by atoms with Crippen LogP contribution in [-0.4, -0.2) is 15.9 Å². The molecule has 0 unspecified atom stereocenters. The van der Waals surface area contributed by atoms with Crippen LogP contribution in [0.3, 0.4) is 0 Å². The standard InChI is InChI=1S/C17H18ClNO2S/c1-12-5-3-6-13(2)17(12)19-16(20)11-22(21)10-14-7-4-8-15(18)9-14/h3-9H,10-11H2,1-2H3,(H,19,20)/t22-/m0/s1. The SMILES string of the molecule is Cc1cccc(C)c1NC(=O)C[S@@](=O)Cc1cccc(Cl)c1. The molecular formula is C17H18ClNO2S. The van der Waals surface area contributed by atoms with Crippen LogP contribution in [0, 0.1) is 13.8 Å². The molecule has 1 amide bonds. The molecule has 0 aromatic heterocycles. The van der Waals surface area contributed by atoms with E-state index in [1.54, 1.807) is 12.1 Å². The Balaban J connectivity index is 1.96. The van der Waals surface area contributed by atoms with Gasteiger partial charge in [0.15, 0.2) is 0 Å². The Hall–Kier alpha value is -1.65. The van der Waals surface area contributed by atoms with E-state index in [4.69, 9.17) is 11.6 Å². The molecule has 0 spiro atoms. The summed E-state index contributed by atoms with van der Waals surface area (Å²) in [5.74, 6) is 0.0545. The Bertz CT molecular complexity index is 695. The molecule has 0 bridgehead atoms. The van der Waals surface area contributed by atoms with Gasteiger partial charge < -0.3 is 5.32 Å². The second-order valence-electron chi connectivity index (χ2n) is 5.17. The van der Waals surface area contributed by atoms with E-state index in [1.807, 2.05) is 44.2 Å². The number of halogens is 1. The number of hydrogen-bond donors (Lipinski definition) is 1. The van der Waals surface area contributed by atoms with E-state index in [0.29, 0.717) is 10.8 Å². The summed E-state index contributed by atoms with van der Waals surface area (Å²) >= 11 is 5.90. The smallest absolute Gasteiger partial charge is 0.237 e. The maximum atomic E-state index is 12.1. The quantitative estimate of drug-likeness (QED) is 0.902. The summed E-state index contributed by atoms with van der Waals surface area (Å²) in [5.41, 5.74) is 3.65. The summed E-state index contributed by atoms with van der Waals surface area (Å²) < 4.78 is 12.1. The Morgan fingerprint density at radius 2 is 1.77 bits per heavy atom. The van der Waals surface area contributed by atoms with Gasteiger partial charge in [-0.2, -0.15) is 0 Å². The lowest BCUT2D eigenvalue weighted by molar-refractivity contribution is -0.113. The first-order chi connectivity index (χ1) is 10.5. The maximum Gasteiger partial charge on any atom is 0.237 e. The van der Waals surface area contributed by atoms with Crippen LogP contribution in [0.5, 0.6) is 0 Å². The molecule has 0 radical (unpaired) electrons. The molecule has 2 rings (SSSR count). The van der Waals surface area contributed by atoms with E-state index in [9.17, 15) is 9.00 Å². The normalized spacial score (nSPS) is 12.0. The van der Waals surface area contributed by atoms with E-state index in [1.165, 1.54) is 0 Å². The fourth-order valence-corrected chi connectivity index (χ4v) is 3.43. The molecule has 3 nitrogen and oxygen atoms in total. The van der Waals surface area contributed by atoms with Crippen molar-refractivity contribution in [2.75, 3.05) is 11.1 Å². The topological polar surface area (TPSA) is 46.2 Å². The summed E-state index contributed by atoms with van der Waals surface area (Å²) in [6.45, 7) is 3.87. The van der Waals surface area contributed by atoms with Crippen molar-refractivity contribution in [3.05, 3.63) is 64.2 Å². The Morgan fingerprint density at radius 1 is 1.14 bits per heavy atom. The molecule has 0 saturated carbocycles. The largest absolute Gasteiger partial charge is 0.325 e. The molecule has 0 saturated heterocycles. The van der Waals surface area contributed by atoms with Crippen LogP contribution in [0.2, 0.25) is 5.02 Å². The van der Waals surface area contributed by atoms with Gasteiger partial charge in [0.1, 0.15) is 5.75 Å². The number of hydrogen-bond acceptors (Lipinski definition) is 2. The van der Waals surface area contributed by atoms with Gasteiger partial charge in [-0.3, -0.25) is 9.00 Å². The van der Waals surface area contributed by atoms with Crippen molar-refractivity contribution in [2.45, 2.75) is 19.6 Å². The van der Waals surface area contributed by atoms with Gasteiger partial charge in [0.25, 0.3) is 0 Å². The van der Waals surface area contributed by atoms with Gasteiger partial charge in [0.2, 0.25) is 5.91 Å². The molecule has 0 fully saturated rings. The predicted octanol–water partition coefficient (Wildman–Crippen LogP) is 3.84. The van der Waals surface area contributed by atoms with Gasteiger partial charge in [-0.15, -0.1) is 0 Å². The number of rotatable bonds is 5. The first-order valence-electron chi connectivity index (χ1n) is 6.91. The molecular weight excluding hydrogens is 318 g/mol. The molecule has 0 aliphatic heterocycles. The zero-order valence-electron chi connectivity index (χ0n) is 12.6. The summed E-state index contributed by atoms with van der Waals surface area (Å²) in [6, 6.07) is 13.0. The molecule has 1 N–H and O–H groups in total. The monoisotopic (exact) mass is 335 g/mol. The number of aryl methyl sites for hydroxylation is 2. The molecule has 116 valence electrons. The van der Waals surface area contributed by atoms with Crippen LogP contribution < -0.4 is 5.32 Å². The van der Waals surface area contributed by atoms with Gasteiger partial charge in [-0.1, -0.05) is 41.9 Å². The number of benzene rings is 2. The third kappa shape index (κ3) is 4.68. The van der Waals surface area contributed by atoms with Crippen molar-refractivity contribution in [3.63, 3.8) is 0 Å². The van der Waals surface area contributed by atoms with Crippen LogP contribution >= 0.6 is 11.6 Å². The number of amides is 1. The zero-order valence-corrected chi connectivity index (χ0v) is 14.1. The fourth-order valence-electron chi connectivity index (χ4n) is 2.20. The molecule has 0 aliphatic carbocycles. The lowest BCUT2D eigenvalue weighted by Crippen LogP contribution is -2.21. The molecule has 22 heavy (non-hydrogen) atoms. The summed E-state index contributed by atoms with van der Waals surface area (Å²) in [6.07, 6.45) is 0. The average Bonchev–Trinajstić information content (AvgIpc) is 2.43. The number of carbonyl (C=O) groups excluding carboxylic acids is 1. The second-order valence-corrected chi connectivity index (χ2v) is 7.07. The van der Waals surface area contributed by atoms with Crippen LogP contribution in [0.4, 0.5) is 5.69 Å². The first kappa shape index (κ1) is 16.7. The highest BCUT2D eigenvalue weighted by Gasteiger charge is 2.11. The highest BCUT2D eigenvalue weighted by atomic mass is 35.5. The lowest BCUT2D eigenvalue weighted by atomic mass is 10.1. The Labute approximate surface area is 138 Å². The third-order valence-corrected chi connectivity index (χ3v) is 4.73. The van der Waals surface area contributed by atoms with Crippen LogP contribution in [0.15, 0.2) is 42.5 Å². The minimum Gasteiger partial charge on any atom is -0.325 e. The molecule has 2 aromatic rings. The van der Waals surface area contributed by atoms with E-state index < -0.39 is 10.8 Å². The first-order valence-corrected chi connectivity index (χ1v) is 8.78. The minimum absolute atomic E-state index is 0.0275. The van der Waals surface area contributed by atoms with Crippen LogP contribution in [0.1, 0.15) is 16.7 Å². The fraction of sp³-hybridized carbons (Fsp3) is 0.235. The van der Waals surface area contributed by atoms with Crippen molar-refractivity contribution >= 4 is 34.0 Å². The van der Waals surface area contributed by atoms with Gasteiger partial charge in [-0.05, 0) is 42.7 Å². The third-order valence-electron chi connectivity index (χ3n) is 3.25. The van der Waals surface area contributed by atoms with Gasteiger partial charge >= 0.3 is 0 Å². The molecule has 0 aliphatic rings. The molecule has 2 aromatic carbocycles. The van der Waals surface area contributed by atoms with Crippen LogP contribution in [0.25, 0.3) is 0 Å². The Kier molecular flexibility index (Phi) is 5.75. The highest BCUT2D eigenvalue weighted by molar-refractivity contribution is 7.84. The molecule has 0 heterocycles.